The molecule has 154 valence electrons. The molecule has 0 fully saturated rings. The van der Waals surface area contributed by atoms with Gasteiger partial charge in [-0.05, 0) is 23.8 Å². The molecule has 0 aliphatic heterocycles. The number of hydrogen-bond acceptors (Lipinski definition) is 7. The summed E-state index contributed by atoms with van der Waals surface area (Å²) in [5, 5.41) is 9.49. The molecule has 3 rings (SSSR count). The monoisotopic (exact) mass is 420 g/mol. The molecular formula is C18H20N4O6S. The van der Waals surface area contributed by atoms with Gasteiger partial charge in [-0.1, -0.05) is 16.6 Å². The van der Waals surface area contributed by atoms with Crippen molar-refractivity contribution >= 4 is 26.8 Å². The predicted molar refractivity (Wildman–Crippen MR) is 107 cm³/mol. The predicted octanol–water partition coefficient (Wildman–Crippen LogP) is 1.44. The van der Waals surface area contributed by atoms with Gasteiger partial charge in [-0.15, -0.1) is 0 Å². The van der Waals surface area contributed by atoms with Gasteiger partial charge < -0.3 is 9.47 Å². The summed E-state index contributed by atoms with van der Waals surface area (Å²) in [6.07, 6.45) is 1.44. The minimum atomic E-state index is -4.01. The van der Waals surface area contributed by atoms with E-state index in [1.165, 1.54) is 37.2 Å². The zero-order valence-electron chi connectivity index (χ0n) is 16.0. The van der Waals surface area contributed by atoms with Crippen molar-refractivity contribution in [2.45, 2.75) is 6.54 Å². The third kappa shape index (κ3) is 4.31. The molecule has 0 atom stereocenters. The van der Waals surface area contributed by atoms with Gasteiger partial charge in [0.25, 0.3) is 5.56 Å². The third-order valence-corrected chi connectivity index (χ3v) is 5.42. The Kier molecular flexibility index (Phi) is 5.73. The van der Waals surface area contributed by atoms with Crippen LogP contribution < -0.4 is 19.8 Å². The summed E-state index contributed by atoms with van der Waals surface area (Å²) in [6, 6.07) is 9.62. The molecule has 2 N–H and O–H groups in total. The van der Waals surface area contributed by atoms with E-state index in [0.717, 1.165) is 12.6 Å². The van der Waals surface area contributed by atoms with Gasteiger partial charge in [0.1, 0.15) is 0 Å². The Bertz CT molecular complexity index is 1190. The first-order valence-corrected chi connectivity index (χ1v) is 9.85. The number of ether oxygens (including phenoxy) is 2. The highest BCUT2D eigenvalue weighted by molar-refractivity contribution is 7.90. The number of fused-ring (bicyclic) bond motifs is 1. The van der Waals surface area contributed by atoms with Gasteiger partial charge in [0.2, 0.25) is 0 Å². The van der Waals surface area contributed by atoms with Gasteiger partial charge >= 0.3 is 10.2 Å². The first kappa shape index (κ1) is 20.6. The molecule has 0 aliphatic carbocycles. The molecule has 11 heteroatoms. The average Bonchev–Trinajstić information content (AvgIpc) is 2.70. The second kappa shape index (κ2) is 8.07. The zero-order valence-corrected chi connectivity index (χ0v) is 16.8. The number of methoxy groups -OCH3 is 2. The van der Waals surface area contributed by atoms with E-state index in [2.05, 4.69) is 9.71 Å². The first-order valence-electron chi connectivity index (χ1n) is 8.41. The van der Waals surface area contributed by atoms with E-state index in [9.17, 15) is 13.2 Å². The molecule has 0 spiro atoms. The molecule has 29 heavy (non-hydrogen) atoms. The van der Waals surface area contributed by atoms with Crippen LogP contribution in [0.5, 0.6) is 11.5 Å². The van der Waals surface area contributed by atoms with Crippen molar-refractivity contribution in [3.05, 3.63) is 58.6 Å². The molecule has 0 bridgehead atoms. The first-order chi connectivity index (χ1) is 13.7. The zero-order chi connectivity index (χ0) is 21.2. The van der Waals surface area contributed by atoms with E-state index in [1.54, 1.807) is 24.3 Å². The summed E-state index contributed by atoms with van der Waals surface area (Å²) in [5.74, 6) is 0.915. The third-order valence-electron chi connectivity index (χ3n) is 4.23. The number of hydrogen-bond donors (Lipinski definition) is 2. The second-order valence-electron chi connectivity index (χ2n) is 6.14. The molecule has 0 aliphatic rings. The molecule has 0 unspecified atom stereocenters. The van der Waals surface area contributed by atoms with Crippen molar-refractivity contribution in [1.29, 1.82) is 0 Å². The van der Waals surface area contributed by atoms with E-state index in [4.69, 9.17) is 14.7 Å². The van der Waals surface area contributed by atoms with Crippen molar-refractivity contribution in [3.63, 3.8) is 0 Å². The van der Waals surface area contributed by atoms with Crippen LogP contribution in [0.1, 0.15) is 5.56 Å². The Morgan fingerprint density at radius 2 is 1.76 bits per heavy atom. The Morgan fingerprint density at radius 3 is 2.34 bits per heavy atom. The van der Waals surface area contributed by atoms with Crippen LogP contribution in [0.4, 0.5) is 5.69 Å². The highest BCUT2D eigenvalue weighted by Crippen LogP contribution is 2.29. The summed E-state index contributed by atoms with van der Waals surface area (Å²) in [6.45, 7) is 0.239. The fourth-order valence-electron chi connectivity index (χ4n) is 2.69. The van der Waals surface area contributed by atoms with Crippen molar-refractivity contribution in [2.24, 2.45) is 0 Å². The van der Waals surface area contributed by atoms with E-state index >= 15 is 0 Å². The van der Waals surface area contributed by atoms with Crippen LogP contribution >= 0.6 is 0 Å². The van der Waals surface area contributed by atoms with Crippen LogP contribution in [0.25, 0.3) is 10.9 Å². The molecule has 3 aromatic rings. The Morgan fingerprint density at radius 1 is 1.14 bits per heavy atom. The van der Waals surface area contributed by atoms with Crippen LogP contribution in [-0.2, 0) is 16.8 Å². The molecule has 0 radical (unpaired) electrons. The number of rotatable bonds is 7. The summed E-state index contributed by atoms with van der Waals surface area (Å²) >= 11 is 0. The van der Waals surface area contributed by atoms with Crippen LogP contribution in [0.3, 0.4) is 0 Å². The maximum Gasteiger partial charge on any atom is 0.323 e. The fourth-order valence-corrected chi connectivity index (χ4v) is 3.25. The molecule has 1 aromatic heterocycles. The van der Waals surface area contributed by atoms with E-state index < -0.39 is 10.2 Å². The molecule has 0 saturated heterocycles. The lowest BCUT2D eigenvalue weighted by Crippen LogP contribution is -2.29. The van der Waals surface area contributed by atoms with Crippen molar-refractivity contribution in [2.75, 3.05) is 26.0 Å². The van der Waals surface area contributed by atoms with Crippen LogP contribution in [0, 0.1) is 0 Å². The van der Waals surface area contributed by atoms with Crippen LogP contribution in [0.15, 0.2) is 47.5 Å². The highest BCUT2D eigenvalue weighted by Gasteiger charge is 2.15. The molecule has 0 saturated carbocycles. The fraction of sp³-hybridized carbons (Fsp3) is 0.222. The van der Waals surface area contributed by atoms with Gasteiger partial charge in [-0.25, -0.2) is 4.98 Å². The number of nitrogens with zero attached hydrogens (tertiary/aromatic N) is 3. The van der Waals surface area contributed by atoms with Gasteiger partial charge in [-0.3, -0.25) is 19.3 Å². The molecule has 2 aromatic carbocycles. The van der Waals surface area contributed by atoms with E-state index in [0.29, 0.717) is 22.4 Å². The standard InChI is InChI=1S/C18H20N4O6S/c1-21(24)29(25,26)20-13-6-4-12(5-7-13)10-22-11-19-15-9-17(28-3)16(27-2)8-14(15)18(22)23/h4-9,11,20,24H,10H2,1-3H3. The summed E-state index contributed by atoms with van der Waals surface area (Å²) in [4.78, 5) is 17.1. The van der Waals surface area contributed by atoms with Crippen molar-refractivity contribution in [1.82, 2.24) is 14.0 Å². The average molecular weight is 420 g/mol. The van der Waals surface area contributed by atoms with Gasteiger partial charge in [0.15, 0.2) is 11.5 Å². The van der Waals surface area contributed by atoms with Gasteiger partial charge in [0.05, 0.1) is 38.0 Å². The summed E-state index contributed by atoms with van der Waals surface area (Å²) < 4.78 is 37.5. The largest absolute Gasteiger partial charge is 0.493 e. The minimum absolute atomic E-state index is 0.0878. The minimum Gasteiger partial charge on any atom is -0.493 e. The number of hydroxylamine groups is 1. The van der Waals surface area contributed by atoms with Crippen LogP contribution in [-0.4, -0.2) is 48.9 Å². The second-order valence-corrected chi connectivity index (χ2v) is 7.82. The molecule has 10 nitrogen and oxygen atoms in total. The van der Waals surface area contributed by atoms with E-state index in [1.807, 2.05) is 0 Å². The van der Waals surface area contributed by atoms with Crippen molar-refractivity contribution in [3.8, 4) is 11.5 Å². The van der Waals surface area contributed by atoms with Gasteiger partial charge in [0, 0.05) is 18.8 Å². The summed E-state index contributed by atoms with van der Waals surface area (Å²) in [5.41, 5.74) is 1.27. The quantitative estimate of drug-likeness (QED) is 0.555. The topological polar surface area (TPSA) is 123 Å². The number of aromatic nitrogens is 2. The van der Waals surface area contributed by atoms with Crippen molar-refractivity contribution < 1.29 is 23.1 Å². The highest BCUT2D eigenvalue weighted by atomic mass is 32.2. The Balaban J connectivity index is 1.88. The lowest BCUT2D eigenvalue weighted by molar-refractivity contribution is 0.0319. The normalized spacial score (nSPS) is 11.6. The maximum absolute atomic E-state index is 12.8. The maximum atomic E-state index is 12.8. The SMILES string of the molecule is COc1cc2ncn(Cc3ccc(NS(=O)(=O)N(C)O)cc3)c(=O)c2cc1OC. The molecular weight excluding hydrogens is 400 g/mol. The van der Waals surface area contributed by atoms with E-state index in [-0.39, 0.29) is 22.3 Å². The molecule has 0 amide bonds. The number of nitrogens with one attached hydrogen (secondary N) is 1. The smallest absolute Gasteiger partial charge is 0.323 e. The molecule has 1 heterocycles. The summed E-state index contributed by atoms with van der Waals surface area (Å²) in [7, 11) is -0.0182. The Labute approximate surface area is 167 Å². The lowest BCUT2D eigenvalue weighted by Gasteiger charge is -2.13. The van der Waals surface area contributed by atoms with Crippen LogP contribution in [0.2, 0.25) is 0 Å². The number of benzene rings is 2. The lowest BCUT2D eigenvalue weighted by atomic mass is 10.2. The van der Waals surface area contributed by atoms with Gasteiger partial charge in [-0.2, -0.15) is 8.42 Å². The Hall–Kier alpha value is -3.15. The number of anilines is 1.